The van der Waals surface area contributed by atoms with Crippen molar-refractivity contribution in [2.45, 2.75) is 13.5 Å². The molecule has 0 saturated heterocycles. The molecular formula is C16H14O5. The van der Waals surface area contributed by atoms with Crippen molar-refractivity contribution in [1.29, 1.82) is 0 Å². The number of fused-ring (bicyclic) bond motifs is 1. The maximum Gasteiger partial charge on any atom is 0.339 e. The highest BCUT2D eigenvalue weighted by molar-refractivity contribution is 5.92. The van der Waals surface area contributed by atoms with Crippen LogP contribution in [0.15, 0.2) is 36.4 Å². The topological polar surface area (TPSA) is 65.0 Å². The number of benzene rings is 2. The van der Waals surface area contributed by atoms with E-state index in [0.717, 1.165) is 11.1 Å². The Morgan fingerprint density at radius 3 is 2.71 bits per heavy atom. The van der Waals surface area contributed by atoms with Gasteiger partial charge in [0.1, 0.15) is 17.9 Å². The highest BCUT2D eigenvalue weighted by atomic mass is 16.7. The predicted molar refractivity (Wildman–Crippen MR) is 75.0 cm³/mol. The summed E-state index contributed by atoms with van der Waals surface area (Å²) in [6.45, 7) is 2.38. The van der Waals surface area contributed by atoms with E-state index in [2.05, 4.69) is 0 Å². The summed E-state index contributed by atoms with van der Waals surface area (Å²) in [7, 11) is 0. The molecule has 3 rings (SSSR count). The number of hydrogen-bond acceptors (Lipinski definition) is 4. The second-order valence-corrected chi connectivity index (χ2v) is 4.78. The van der Waals surface area contributed by atoms with Crippen molar-refractivity contribution in [2.75, 3.05) is 6.79 Å². The van der Waals surface area contributed by atoms with Gasteiger partial charge in [0.25, 0.3) is 0 Å². The van der Waals surface area contributed by atoms with E-state index in [1.54, 1.807) is 6.07 Å². The first-order valence-electron chi connectivity index (χ1n) is 6.49. The molecule has 0 aromatic heterocycles. The number of ether oxygens (including phenoxy) is 3. The molecule has 0 bridgehead atoms. The maximum absolute atomic E-state index is 11.3. The van der Waals surface area contributed by atoms with Crippen LogP contribution in [0.4, 0.5) is 0 Å². The summed E-state index contributed by atoms with van der Waals surface area (Å²) < 4.78 is 16.1. The molecule has 0 fully saturated rings. The van der Waals surface area contributed by atoms with Crippen LogP contribution in [0, 0.1) is 6.92 Å². The van der Waals surface area contributed by atoms with Crippen LogP contribution in [0.2, 0.25) is 0 Å². The van der Waals surface area contributed by atoms with Gasteiger partial charge in [0.15, 0.2) is 11.5 Å². The summed E-state index contributed by atoms with van der Waals surface area (Å²) in [5.74, 6) is 0.135. The Labute approximate surface area is 121 Å². The van der Waals surface area contributed by atoms with Crippen LogP contribution < -0.4 is 14.2 Å². The van der Waals surface area contributed by atoms with Crippen LogP contribution in [-0.4, -0.2) is 17.9 Å². The number of hydrogen-bond donors (Lipinski definition) is 1. The van der Waals surface area contributed by atoms with Crippen LogP contribution >= 0.6 is 0 Å². The van der Waals surface area contributed by atoms with E-state index in [0.29, 0.717) is 18.1 Å². The van der Waals surface area contributed by atoms with E-state index < -0.39 is 5.97 Å². The van der Waals surface area contributed by atoms with E-state index in [-0.39, 0.29) is 18.1 Å². The third kappa shape index (κ3) is 2.76. The molecule has 1 aliphatic rings. The third-order valence-corrected chi connectivity index (χ3v) is 3.18. The molecule has 21 heavy (non-hydrogen) atoms. The quantitative estimate of drug-likeness (QED) is 0.936. The van der Waals surface area contributed by atoms with E-state index in [1.807, 2.05) is 31.2 Å². The van der Waals surface area contributed by atoms with Gasteiger partial charge in [0, 0.05) is 12.1 Å². The van der Waals surface area contributed by atoms with Gasteiger partial charge in [-0.3, -0.25) is 0 Å². The zero-order valence-corrected chi connectivity index (χ0v) is 11.5. The Morgan fingerprint density at radius 1 is 1.24 bits per heavy atom. The first kappa shape index (κ1) is 13.3. The fourth-order valence-corrected chi connectivity index (χ4v) is 2.17. The van der Waals surface area contributed by atoms with Gasteiger partial charge in [0.2, 0.25) is 6.79 Å². The Balaban J connectivity index is 1.86. The highest BCUT2D eigenvalue weighted by Crippen LogP contribution is 2.38. The number of carboxylic acids is 1. The van der Waals surface area contributed by atoms with Crippen molar-refractivity contribution in [1.82, 2.24) is 0 Å². The molecule has 0 unspecified atom stereocenters. The first-order chi connectivity index (χ1) is 10.1. The Kier molecular flexibility index (Phi) is 3.39. The molecule has 0 amide bonds. The van der Waals surface area contributed by atoms with Gasteiger partial charge >= 0.3 is 5.97 Å². The molecule has 0 atom stereocenters. The minimum atomic E-state index is -1.06. The highest BCUT2D eigenvalue weighted by Gasteiger charge is 2.21. The monoisotopic (exact) mass is 286 g/mol. The van der Waals surface area contributed by atoms with Crippen molar-refractivity contribution in [2.24, 2.45) is 0 Å². The van der Waals surface area contributed by atoms with Crippen molar-refractivity contribution in [3.05, 3.63) is 53.1 Å². The summed E-state index contributed by atoms with van der Waals surface area (Å²) in [5, 5.41) is 9.26. The van der Waals surface area contributed by atoms with Crippen molar-refractivity contribution < 1.29 is 24.1 Å². The summed E-state index contributed by atoms with van der Waals surface area (Å²) >= 11 is 0. The minimum Gasteiger partial charge on any atom is -0.488 e. The van der Waals surface area contributed by atoms with Gasteiger partial charge in [-0.05, 0) is 12.5 Å². The van der Waals surface area contributed by atoms with Gasteiger partial charge < -0.3 is 19.3 Å². The number of rotatable bonds is 4. The normalized spacial score (nSPS) is 12.2. The molecule has 0 radical (unpaired) electrons. The zero-order chi connectivity index (χ0) is 14.8. The van der Waals surface area contributed by atoms with Crippen molar-refractivity contribution >= 4 is 5.97 Å². The smallest absolute Gasteiger partial charge is 0.339 e. The lowest BCUT2D eigenvalue weighted by Crippen LogP contribution is -2.03. The molecular weight excluding hydrogens is 272 g/mol. The fourth-order valence-electron chi connectivity index (χ4n) is 2.17. The molecule has 2 aromatic carbocycles. The average Bonchev–Trinajstić information content (AvgIpc) is 2.91. The average molecular weight is 286 g/mol. The predicted octanol–water partition coefficient (Wildman–Crippen LogP) is 3.00. The lowest BCUT2D eigenvalue weighted by molar-refractivity contribution is 0.0691. The molecule has 0 saturated carbocycles. The number of carbonyl (C=O) groups is 1. The molecule has 1 N–H and O–H groups in total. The Hall–Kier alpha value is -2.69. The second-order valence-electron chi connectivity index (χ2n) is 4.78. The molecule has 5 nitrogen and oxygen atoms in total. The second kappa shape index (κ2) is 5.36. The van der Waals surface area contributed by atoms with E-state index >= 15 is 0 Å². The third-order valence-electron chi connectivity index (χ3n) is 3.18. The molecule has 2 aromatic rings. The van der Waals surface area contributed by atoms with Crippen LogP contribution in [0.3, 0.4) is 0 Å². The number of carboxylic acid groups (broad SMARTS) is 1. The van der Waals surface area contributed by atoms with Gasteiger partial charge in [0.05, 0.1) is 0 Å². The summed E-state index contributed by atoms with van der Waals surface area (Å²) in [6, 6.07) is 10.8. The van der Waals surface area contributed by atoms with E-state index in [4.69, 9.17) is 14.2 Å². The number of aromatic carboxylic acids is 1. The molecule has 1 heterocycles. The number of aryl methyl sites for hydroxylation is 1. The molecule has 108 valence electrons. The van der Waals surface area contributed by atoms with E-state index in [1.165, 1.54) is 6.07 Å². The molecule has 1 aliphatic heterocycles. The van der Waals surface area contributed by atoms with Crippen LogP contribution in [0.25, 0.3) is 0 Å². The summed E-state index contributed by atoms with van der Waals surface area (Å²) in [5.41, 5.74) is 2.16. The SMILES string of the molecule is Cc1cccc(COc2cc3c(cc2C(=O)O)OCO3)c1. The van der Waals surface area contributed by atoms with Gasteiger partial charge in [-0.15, -0.1) is 0 Å². The fraction of sp³-hybridized carbons (Fsp3) is 0.188. The van der Waals surface area contributed by atoms with Gasteiger partial charge in [-0.1, -0.05) is 29.8 Å². The Morgan fingerprint density at radius 2 is 2.00 bits per heavy atom. The van der Waals surface area contributed by atoms with Gasteiger partial charge in [-0.25, -0.2) is 4.79 Å². The first-order valence-corrected chi connectivity index (χ1v) is 6.49. The zero-order valence-electron chi connectivity index (χ0n) is 11.5. The molecule has 0 spiro atoms. The maximum atomic E-state index is 11.3. The molecule has 5 heteroatoms. The van der Waals surface area contributed by atoms with Crippen molar-refractivity contribution in [3.8, 4) is 17.2 Å². The van der Waals surface area contributed by atoms with Crippen molar-refractivity contribution in [3.63, 3.8) is 0 Å². The summed E-state index contributed by atoms with van der Waals surface area (Å²) in [6.07, 6.45) is 0. The standard InChI is InChI=1S/C16H14O5/c1-10-3-2-4-11(5-10)8-19-13-7-15-14(20-9-21-15)6-12(13)16(17)18/h2-7H,8-9H2,1H3,(H,17,18). The molecule has 0 aliphatic carbocycles. The minimum absolute atomic E-state index is 0.0619. The Bertz CT molecular complexity index is 693. The lowest BCUT2D eigenvalue weighted by Gasteiger charge is -2.10. The lowest BCUT2D eigenvalue weighted by atomic mass is 10.1. The van der Waals surface area contributed by atoms with Crippen LogP contribution in [0.5, 0.6) is 17.2 Å². The van der Waals surface area contributed by atoms with E-state index in [9.17, 15) is 9.90 Å². The van der Waals surface area contributed by atoms with Crippen LogP contribution in [-0.2, 0) is 6.61 Å². The van der Waals surface area contributed by atoms with Crippen LogP contribution in [0.1, 0.15) is 21.5 Å². The van der Waals surface area contributed by atoms with Gasteiger partial charge in [-0.2, -0.15) is 0 Å². The largest absolute Gasteiger partial charge is 0.488 e. The summed E-state index contributed by atoms with van der Waals surface area (Å²) in [4.78, 5) is 11.3.